The second kappa shape index (κ2) is 49.9. The third-order valence-electron chi connectivity index (χ3n) is 15.0. The minimum atomic E-state index is -1.30. The van der Waals surface area contributed by atoms with Crippen LogP contribution in [-0.4, -0.2) is 251 Å². The monoisotopic (exact) mass is 1660 g/mol. The first-order valence-electron chi connectivity index (χ1n) is 36.5. The van der Waals surface area contributed by atoms with Gasteiger partial charge in [0.1, 0.15) is 69.9 Å². The number of alkyl carbamates (subject to hydrolysis) is 6. The van der Waals surface area contributed by atoms with Gasteiger partial charge < -0.3 is 88.7 Å². The van der Waals surface area contributed by atoms with Crippen LogP contribution in [0.1, 0.15) is 208 Å². The van der Waals surface area contributed by atoms with Crippen molar-refractivity contribution in [3.05, 3.63) is 0 Å². The summed E-state index contributed by atoms with van der Waals surface area (Å²) in [5.74, 6) is -4.75. The van der Waals surface area contributed by atoms with E-state index in [1.807, 2.05) is 0 Å². The summed E-state index contributed by atoms with van der Waals surface area (Å²) in [5, 5.41) is 13.6. The zero-order valence-electron chi connectivity index (χ0n) is 68.6. The van der Waals surface area contributed by atoms with Gasteiger partial charge in [-0.05, 0) is 176 Å². The van der Waals surface area contributed by atoms with E-state index in [1.54, 1.807) is 125 Å². The molecule has 1 fully saturated rings. The van der Waals surface area contributed by atoms with Gasteiger partial charge in [-0.3, -0.25) is 0 Å². The molecule has 1 saturated carbocycles. The highest BCUT2D eigenvalue weighted by atomic mass is 32.2. The van der Waals surface area contributed by atoms with E-state index in [-0.39, 0.29) is 64.3 Å². The van der Waals surface area contributed by atoms with Crippen molar-refractivity contribution in [2.45, 2.75) is 309 Å². The lowest BCUT2D eigenvalue weighted by Crippen LogP contribution is -2.46. The molecule has 0 aromatic rings. The number of rotatable bonds is 30. The van der Waals surface area contributed by atoms with Gasteiger partial charge in [-0.25, -0.2) is 57.5 Å². The van der Waals surface area contributed by atoms with Crippen LogP contribution in [0.3, 0.4) is 0 Å². The number of methoxy groups -OCH3 is 6. The Bertz CT molecular complexity index is 2860. The molecule has 0 aliphatic heterocycles. The fourth-order valence-electron chi connectivity index (χ4n) is 10.3. The molecule has 0 aromatic carbocycles. The molecule has 1 aliphatic rings. The van der Waals surface area contributed by atoms with Crippen molar-refractivity contribution in [2.75, 3.05) is 77.2 Å². The fourth-order valence-corrected chi connectivity index (χ4v) is 19.1. The molecular formula is C73H128N6O24S6. The maximum Gasteiger partial charge on any atom is 0.408 e. The summed E-state index contributed by atoms with van der Waals surface area (Å²) in [7, 11) is 7.18. The van der Waals surface area contributed by atoms with E-state index in [2.05, 4.69) is 31.9 Å². The molecule has 630 valence electrons. The Balaban J connectivity index is 4.88. The summed E-state index contributed by atoms with van der Waals surface area (Å²) >= 11 is 8.24. The van der Waals surface area contributed by atoms with Crippen LogP contribution >= 0.6 is 70.6 Å². The van der Waals surface area contributed by atoms with Gasteiger partial charge in [0.2, 0.25) is 0 Å². The fraction of sp³-hybridized carbons (Fsp3) is 0.836. The summed E-state index contributed by atoms with van der Waals surface area (Å²) in [6.45, 7) is 30.2. The molecule has 6 amide bonds. The first-order chi connectivity index (χ1) is 50.4. The van der Waals surface area contributed by atoms with Crippen LogP contribution in [0.4, 0.5) is 28.8 Å². The molecule has 0 radical (unpaired) electrons. The highest BCUT2D eigenvalue weighted by molar-refractivity contribution is 8.02. The van der Waals surface area contributed by atoms with Crippen molar-refractivity contribution in [3.8, 4) is 0 Å². The van der Waals surface area contributed by atoms with Gasteiger partial charge in [0, 0.05) is 66.0 Å². The number of thioether (sulfide) groups is 6. The van der Waals surface area contributed by atoms with Crippen molar-refractivity contribution in [3.63, 3.8) is 0 Å². The van der Waals surface area contributed by atoms with Crippen LogP contribution in [0.2, 0.25) is 0 Å². The highest BCUT2D eigenvalue weighted by Gasteiger charge is 2.37. The summed E-state index contributed by atoms with van der Waals surface area (Å²) in [5.41, 5.74) is -5.67. The van der Waals surface area contributed by atoms with Gasteiger partial charge in [0.05, 0.1) is 42.7 Å². The highest BCUT2D eigenvalue weighted by Crippen LogP contribution is 2.40. The van der Waals surface area contributed by atoms with Crippen molar-refractivity contribution in [1.82, 2.24) is 31.9 Å². The first-order valence-corrected chi connectivity index (χ1v) is 42.8. The average molecular weight is 1670 g/mol. The van der Waals surface area contributed by atoms with Gasteiger partial charge >= 0.3 is 72.4 Å². The second-order valence-corrected chi connectivity index (χ2v) is 39.9. The molecule has 0 bridgehead atoms. The Morgan fingerprint density at radius 1 is 0.248 bits per heavy atom. The summed E-state index contributed by atoms with van der Waals surface area (Å²) in [6, 6.07) is -7.40. The van der Waals surface area contributed by atoms with Crippen LogP contribution in [0.25, 0.3) is 0 Å². The van der Waals surface area contributed by atoms with Crippen LogP contribution in [-0.2, 0) is 85.6 Å². The Morgan fingerprint density at radius 2 is 0.404 bits per heavy atom. The van der Waals surface area contributed by atoms with E-state index >= 15 is 0 Å². The smallest absolute Gasteiger partial charge is 0.408 e. The molecule has 36 heteroatoms. The van der Waals surface area contributed by atoms with Crippen molar-refractivity contribution >= 4 is 143 Å². The minimum Gasteiger partial charge on any atom is -0.467 e. The lowest BCUT2D eigenvalue weighted by molar-refractivity contribution is -0.143. The molecule has 1 aliphatic carbocycles. The molecule has 12 atom stereocenters. The lowest BCUT2D eigenvalue weighted by Gasteiger charge is -2.32. The van der Waals surface area contributed by atoms with Crippen LogP contribution in [0.15, 0.2) is 0 Å². The van der Waals surface area contributed by atoms with Gasteiger partial charge in [-0.2, -0.15) is 70.6 Å². The number of carbonyl (C=O) groups excluding carboxylic acids is 12. The van der Waals surface area contributed by atoms with Gasteiger partial charge in [0.25, 0.3) is 0 Å². The average Bonchev–Trinajstić information content (AvgIpc) is 1.06. The standard InChI is InChI=1S/C73H128N6O24S6/c1-68(2,3)98-62(86)74-50(56(80)92-19)38-104-44-30-28-26-25-27-29-31-45(105-39-51(57(81)93-20)75-63(87)99-69(4,5)6)34-47(107-41-53(59(83)95-22)77-65(89)101-71(10,11)12)36-49(109-43-55(61(85)97-24)79-67(91)103-73(16,17)18)37-48(108-42-54(60(84)96-23)78-66(90)102-72(13,14)15)35-46(33-32-44)106-40-52(58(82)94-21)76-64(88)100-70(7,8)9/h44-55H,25-43H2,1-24H3,(H,74,86)(H,75,87)(H,76,88)(H,77,89)(H,78,90)(H,79,91). The largest absolute Gasteiger partial charge is 0.467 e. The first kappa shape index (κ1) is 102. The van der Waals surface area contributed by atoms with E-state index in [9.17, 15) is 57.5 Å². The predicted molar refractivity (Wildman–Crippen MR) is 429 cm³/mol. The number of hydrogen-bond donors (Lipinski definition) is 6. The number of amides is 6. The summed E-state index contributed by atoms with van der Waals surface area (Å²) in [4.78, 5) is 164. The van der Waals surface area contributed by atoms with E-state index in [0.29, 0.717) is 38.5 Å². The van der Waals surface area contributed by atoms with E-state index in [0.717, 1.165) is 25.7 Å². The van der Waals surface area contributed by atoms with Gasteiger partial charge in [-0.1, -0.05) is 32.1 Å². The molecule has 0 saturated heterocycles. The maximum atomic E-state index is 13.9. The van der Waals surface area contributed by atoms with E-state index < -0.39 is 163 Å². The maximum absolute atomic E-state index is 13.9. The normalized spacial score (nSPS) is 19.9. The molecule has 0 aromatic heterocycles. The van der Waals surface area contributed by atoms with Crippen LogP contribution in [0.5, 0.6) is 0 Å². The Hall–Kier alpha value is -5.46. The lowest BCUT2D eigenvalue weighted by atomic mass is 10.0. The zero-order chi connectivity index (χ0) is 83.3. The van der Waals surface area contributed by atoms with Gasteiger partial charge in [0.15, 0.2) is 0 Å². The molecule has 0 heterocycles. The predicted octanol–water partition coefficient (Wildman–Crippen LogP) is 12.1. The zero-order valence-corrected chi connectivity index (χ0v) is 73.5. The Labute approximate surface area is 671 Å². The molecule has 109 heavy (non-hydrogen) atoms. The number of ether oxygens (including phenoxy) is 12. The van der Waals surface area contributed by atoms with Crippen molar-refractivity contribution < 1.29 is 114 Å². The van der Waals surface area contributed by atoms with Crippen molar-refractivity contribution in [2.24, 2.45) is 0 Å². The molecule has 0 spiro atoms. The molecular weight excluding hydrogens is 1540 g/mol. The van der Waals surface area contributed by atoms with Gasteiger partial charge in [-0.15, -0.1) is 0 Å². The number of nitrogens with one attached hydrogen (secondary N) is 6. The summed E-state index contributed by atoms with van der Waals surface area (Å²) < 4.78 is 65.2. The molecule has 12 unspecified atom stereocenters. The minimum absolute atomic E-state index is 0.0258. The van der Waals surface area contributed by atoms with Crippen LogP contribution in [0, 0.1) is 0 Å². The second-order valence-electron chi connectivity index (χ2n) is 31.9. The number of esters is 6. The Morgan fingerprint density at radius 3 is 0.606 bits per heavy atom. The number of carbonyl (C=O) groups is 12. The molecule has 6 N–H and O–H groups in total. The molecule has 30 nitrogen and oxygen atoms in total. The van der Waals surface area contributed by atoms with Crippen molar-refractivity contribution in [1.29, 1.82) is 0 Å². The third-order valence-corrected chi connectivity index (χ3v) is 23.5. The van der Waals surface area contributed by atoms with E-state index in [1.165, 1.54) is 113 Å². The topological polar surface area (TPSA) is 388 Å². The quantitative estimate of drug-likeness (QED) is 0.0287. The van der Waals surface area contributed by atoms with E-state index in [4.69, 9.17) is 56.8 Å². The Kier molecular flexibility index (Phi) is 46.5. The summed E-state index contributed by atoms with van der Waals surface area (Å²) in [6.07, 6.45) is 1.78. The number of hydrogen-bond acceptors (Lipinski definition) is 30. The SMILES string of the molecule is COC(=O)C(CSC1CCCCCCCC(SCC(NC(=O)OC(C)(C)C)C(=O)OC)CC(SCC(NC(=O)OC(C)(C)C)C(=O)OC)CC(SCC(NC(=O)OC(C)(C)C)C(=O)OC)CC(SCC(NC(=O)OC(C)(C)C)C(=O)OC)CC(SCC(NC(=O)OC(C)(C)C)C(=O)OC)CC1)NC(=O)OC(C)(C)C. The molecule has 1 rings (SSSR count). The third kappa shape index (κ3) is 48.9. The van der Waals surface area contributed by atoms with Crippen LogP contribution < -0.4 is 31.9 Å².